The first-order valence-electron chi connectivity index (χ1n) is 8.42. The van der Waals surface area contributed by atoms with Crippen LogP contribution in [-0.4, -0.2) is 41.4 Å². The van der Waals surface area contributed by atoms with Gasteiger partial charge in [-0.3, -0.25) is 4.79 Å². The van der Waals surface area contributed by atoms with Crippen LogP contribution in [0.4, 0.5) is 10.1 Å². The zero-order chi connectivity index (χ0) is 18.2. The number of rotatable bonds is 3. The van der Waals surface area contributed by atoms with E-state index in [1.807, 2.05) is 6.92 Å². The maximum Gasteiger partial charge on any atom is 0.272 e. The SMILES string of the molecule is Cc1cc(C(=O)N(C)C)nc([C@]2(C)CCCN2c2ccc(F)cc2)n1. The zero-order valence-electron chi connectivity index (χ0n) is 15.1. The molecule has 1 aromatic heterocycles. The molecule has 1 fully saturated rings. The molecule has 2 aromatic rings. The fourth-order valence-corrected chi connectivity index (χ4v) is 3.38. The lowest BCUT2D eigenvalue weighted by Crippen LogP contribution is -2.41. The van der Waals surface area contributed by atoms with Gasteiger partial charge in [0.25, 0.3) is 5.91 Å². The monoisotopic (exact) mass is 342 g/mol. The summed E-state index contributed by atoms with van der Waals surface area (Å²) >= 11 is 0. The summed E-state index contributed by atoms with van der Waals surface area (Å²) in [5.74, 6) is 0.247. The molecule has 3 rings (SSSR count). The number of anilines is 1. The van der Waals surface area contributed by atoms with E-state index in [-0.39, 0.29) is 11.7 Å². The van der Waals surface area contributed by atoms with Crippen molar-refractivity contribution in [3.05, 3.63) is 53.4 Å². The number of aryl methyl sites for hydroxylation is 1. The van der Waals surface area contributed by atoms with Gasteiger partial charge in [0, 0.05) is 32.0 Å². The van der Waals surface area contributed by atoms with Crippen LogP contribution in [0.15, 0.2) is 30.3 Å². The topological polar surface area (TPSA) is 49.3 Å². The van der Waals surface area contributed by atoms with Crippen LogP contribution in [-0.2, 0) is 5.54 Å². The summed E-state index contributed by atoms with van der Waals surface area (Å²) in [5.41, 5.74) is 1.68. The lowest BCUT2D eigenvalue weighted by Gasteiger charge is -2.36. The van der Waals surface area contributed by atoms with Crippen LogP contribution in [0.25, 0.3) is 0 Å². The molecule has 1 aliphatic heterocycles. The quantitative estimate of drug-likeness (QED) is 0.860. The number of hydrogen-bond donors (Lipinski definition) is 0. The molecule has 0 spiro atoms. The highest BCUT2D eigenvalue weighted by atomic mass is 19.1. The third kappa shape index (κ3) is 3.21. The molecule has 6 heteroatoms. The predicted octanol–water partition coefficient (Wildman–Crippen LogP) is 3.14. The number of benzene rings is 1. The van der Waals surface area contributed by atoms with Gasteiger partial charge in [-0.1, -0.05) is 0 Å². The first-order valence-corrected chi connectivity index (χ1v) is 8.42. The Morgan fingerprint density at radius 2 is 1.92 bits per heavy atom. The fourth-order valence-electron chi connectivity index (χ4n) is 3.38. The summed E-state index contributed by atoms with van der Waals surface area (Å²) in [6.45, 7) is 4.80. The van der Waals surface area contributed by atoms with E-state index in [2.05, 4.69) is 21.8 Å². The van der Waals surface area contributed by atoms with E-state index in [0.717, 1.165) is 30.8 Å². The van der Waals surface area contributed by atoms with E-state index in [1.54, 1.807) is 32.3 Å². The number of halogens is 1. The molecule has 1 atom stereocenters. The number of aromatic nitrogens is 2. The van der Waals surface area contributed by atoms with Gasteiger partial charge >= 0.3 is 0 Å². The smallest absolute Gasteiger partial charge is 0.272 e. The number of amides is 1. The molecule has 132 valence electrons. The van der Waals surface area contributed by atoms with E-state index < -0.39 is 5.54 Å². The molecule has 0 bridgehead atoms. The summed E-state index contributed by atoms with van der Waals surface area (Å²) in [4.78, 5) is 25.3. The lowest BCUT2D eigenvalue weighted by molar-refractivity contribution is 0.0821. The average molecular weight is 342 g/mol. The van der Waals surface area contributed by atoms with Gasteiger partial charge in [-0.2, -0.15) is 0 Å². The van der Waals surface area contributed by atoms with Gasteiger partial charge in [0.1, 0.15) is 11.5 Å². The molecule has 1 amide bonds. The van der Waals surface area contributed by atoms with E-state index in [0.29, 0.717) is 11.5 Å². The van der Waals surface area contributed by atoms with Gasteiger partial charge in [0.15, 0.2) is 5.82 Å². The van der Waals surface area contributed by atoms with Crippen LogP contribution >= 0.6 is 0 Å². The van der Waals surface area contributed by atoms with E-state index in [1.165, 1.54) is 17.0 Å². The predicted molar refractivity (Wildman–Crippen MR) is 95.1 cm³/mol. The molecular formula is C19H23FN4O. The van der Waals surface area contributed by atoms with Crippen LogP contribution < -0.4 is 4.90 Å². The van der Waals surface area contributed by atoms with E-state index in [9.17, 15) is 9.18 Å². The van der Waals surface area contributed by atoms with Gasteiger partial charge < -0.3 is 9.80 Å². The highest BCUT2D eigenvalue weighted by molar-refractivity contribution is 5.92. The summed E-state index contributed by atoms with van der Waals surface area (Å²) in [7, 11) is 3.42. The maximum absolute atomic E-state index is 13.3. The molecule has 0 N–H and O–H groups in total. The summed E-state index contributed by atoms with van der Waals surface area (Å²) < 4.78 is 13.3. The molecule has 0 radical (unpaired) electrons. The Bertz CT molecular complexity index is 791. The highest BCUT2D eigenvalue weighted by Crippen LogP contribution is 2.40. The van der Waals surface area contributed by atoms with Crippen molar-refractivity contribution >= 4 is 11.6 Å². The first-order chi connectivity index (χ1) is 11.8. The summed E-state index contributed by atoms with van der Waals surface area (Å²) in [6.07, 6.45) is 1.87. The number of carbonyl (C=O) groups excluding carboxylic acids is 1. The van der Waals surface area contributed by atoms with Crippen LogP contribution in [0.1, 0.15) is 41.8 Å². The minimum absolute atomic E-state index is 0.137. The Balaban J connectivity index is 2.04. The zero-order valence-corrected chi connectivity index (χ0v) is 15.1. The highest BCUT2D eigenvalue weighted by Gasteiger charge is 2.41. The van der Waals surface area contributed by atoms with Gasteiger partial charge in [-0.25, -0.2) is 14.4 Å². The van der Waals surface area contributed by atoms with E-state index in [4.69, 9.17) is 0 Å². The second-order valence-electron chi connectivity index (χ2n) is 6.92. The van der Waals surface area contributed by atoms with Crippen LogP contribution in [0.5, 0.6) is 0 Å². The molecule has 0 aliphatic carbocycles. The molecule has 5 nitrogen and oxygen atoms in total. The largest absolute Gasteiger partial charge is 0.359 e. The summed E-state index contributed by atoms with van der Waals surface area (Å²) in [5, 5.41) is 0. The van der Waals surface area contributed by atoms with Crippen LogP contribution in [0.3, 0.4) is 0 Å². The number of carbonyl (C=O) groups is 1. The Labute approximate surface area is 147 Å². The van der Waals surface area contributed by atoms with Crippen LogP contribution in [0, 0.1) is 12.7 Å². The molecule has 0 unspecified atom stereocenters. The van der Waals surface area contributed by atoms with Crippen molar-refractivity contribution in [3.8, 4) is 0 Å². The van der Waals surface area contributed by atoms with Gasteiger partial charge in [-0.15, -0.1) is 0 Å². The van der Waals surface area contributed by atoms with Gasteiger partial charge in [0.2, 0.25) is 0 Å². The van der Waals surface area contributed by atoms with E-state index >= 15 is 0 Å². The van der Waals surface area contributed by atoms with Crippen molar-refractivity contribution in [3.63, 3.8) is 0 Å². The second kappa shape index (κ2) is 6.43. The summed E-state index contributed by atoms with van der Waals surface area (Å²) in [6, 6.07) is 8.20. The fraction of sp³-hybridized carbons (Fsp3) is 0.421. The Morgan fingerprint density at radius 3 is 2.56 bits per heavy atom. The number of hydrogen-bond acceptors (Lipinski definition) is 4. The third-order valence-corrected chi connectivity index (χ3v) is 4.74. The minimum Gasteiger partial charge on any atom is -0.359 e. The van der Waals surface area contributed by atoms with Gasteiger partial charge in [0.05, 0.1) is 5.54 Å². The molecule has 2 heterocycles. The molecule has 1 saturated heterocycles. The molecule has 1 aliphatic rings. The molecular weight excluding hydrogens is 319 g/mol. The Kier molecular flexibility index (Phi) is 4.45. The van der Waals surface area contributed by atoms with Crippen molar-refractivity contribution in [2.24, 2.45) is 0 Å². The van der Waals surface area contributed by atoms with Crippen LogP contribution in [0.2, 0.25) is 0 Å². The van der Waals surface area contributed by atoms with Crippen molar-refractivity contribution in [1.29, 1.82) is 0 Å². The number of nitrogens with zero attached hydrogens (tertiary/aromatic N) is 4. The van der Waals surface area contributed by atoms with Crippen molar-refractivity contribution < 1.29 is 9.18 Å². The molecule has 1 aromatic carbocycles. The van der Waals surface area contributed by atoms with Gasteiger partial charge in [-0.05, 0) is 57.0 Å². The third-order valence-electron chi connectivity index (χ3n) is 4.74. The van der Waals surface area contributed by atoms with Crippen molar-refractivity contribution in [1.82, 2.24) is 14.9 Å². The normalized spacial score (nSPS) is 20.0. The minimum atomic E-state index is -0.425. The van der Waals surface area contributed by atoms with Crippen molar-refractivity contribution in [2.75, 3.05) is 25.5 Å². The second-order valence-corrected chi connectivity index (χ2v) is 6.92. The molecule has 0 saturated carbocycles. The lowest BCUT2D eigenvalue weighted by atomic mass is 9.96. The maximum atomic E-state index is 13.3. The van der Waals surface area contributed by atoms with Crippen molar-refractivity contribution in [2.45, 2.75) is 32.2 Å². The standard InChI is InChI=1S/C19H23FN4O/c1-13-12-16(17(25)23(3)4)22-18(21-13)19(2)10-5-11-24(19)15-8-6-14(20)7-9-15/h6-9,12H,5,10-11H2,1-4H3/t19-/m0/s1. The first kappa shape index (κ1) is 17.3. The Hall–Kier alpha value is -2.50. The average Bonchev–Trinajstić information content (AvgIpc) is 2.97. The molecule has 25 heavy (non-hydrogen) atoms. The Morgan fingerprint density at radius 1 is 1.24 bits per heavy atom.